The first-order valence-electron chi connectivity index (χ1n) is 4.55. The highest BCUT2D eigenvalue weighted by molar-refractivity contribution is 5.94. The number of methoxy groups -OCH3 is 1. The fraction of sp³-hybridized carbons (Fsp3) is 0.182. The zero-order valence-electron chi connectivity index (χ0n) is 8.28. The molecule has 0 aliphatic heterocycles. The monoisotopic (exact) mass is 205 g/mol. The third-order valence-electron chi connectivity index (χ3n) is 2.27. The molecule has 1 aromatic carbocycles. The Kier molecular flexibility index (Phi) is 2.43. The quantitative estimate of drug-likeness (QED) is 0.729. The first-order chi connectivity index (χ1) is 7.24. The van der Waals surface area contributed by atoms with Crippen LogP contribution in [-0.2, 0) is 11.3 Å². The van der Waals surface area contributed by atoms with E-state index in [1.165, 1.54) is 7.11 Å². The molecule has 0 aliphatic carbocycles. The fourth-order valence-corrected chi connectivity index (χ4v) is 1.49. The summed E-state index contributed by atoms with van der Waals surface area (Å²) in [6, 6.07) is 7.20. The predicted octanol–water partition coefficient (Wildman–Crippen LogP) is 1.45. The molecule has 15 heavy (non-hydrogen) atoms. The molecular weight excluding hydrogens is 194 g/mol. The van der Waals surface area contributed by atoms with E-state index in [2.05, 4.69) is 9.72 Å². The number of aliphatic hydroxyl groups is 1. The Morgan fingerprint density at radius 2 is 2.27 bits per heavy atom. The van der Waals surface area contributed by atoms with Gasteiger partial charge in [0.2, 0.25) is 0 Å². The van der Waals surface area contributed by atoms with Gasteiger partial charge in [-0.15, -0.1) is 0 Å². The summed E-state index contributed by atoms with van der Waals surface area (Å²) in [6.45, 7) is -0.0114. The molecule has 0 atom stereocenters. The van der Waals surface area contributed by atoms with Crippen molar-refractivity contribution in [3.63, 3.8) is 0 Å². The van der Waals surface area contributed by atoms with Crippen molar-refractivity contribution in [1.82, 2.24) is 4.98 Å². The highest BCUT2D eigenvalue weighted by Gasteiger charge is 2.09. The molecule has 0 saturated carbocycles. The minimum Gasteiger partial charge on any atom is -0.464 e. The summed E-state index contributed by atoms with van der Waals surface area (Å²) in [5.74, 6) is -0.392. The molecule has 0 saturated heterocycles. The molecule has 2 aromatic rings. The average Bonchev–Trinajstić information content (AvgIpc) is 2.70. The fourth-order valence-electron chi connectivity index (χ4n) is 1.49. The van der Waals surface area contributed by atoms with Crippen molar-refractivity contribution in [3.05, 3.63) is 35.5 Å². The van der Waals surface area contributed by atoms with Crippen LogP contribution in [0.25, 0.3) is 10.9 Å². The molecule has 2 rings (SSSR count). The summed E-state index contributed by atoms with van der Waals surface area (Å²) in [4.78, 5) is 14.2. The second kappa shape index (κ2) is 3.74. The Balaban J connectivity index is 2.51. The number of fused-ring (bicyclic) bond motifs is 1. The molecule has 78 valence electrons. The maximum Gasteiger partial charge on any atom is 0.354 e. The van der Waals surface area contributed by atoms with E-state index in [1.807, 2.05) is 18.2 Å². The number of hydrogen-bond acceptors (Lipinski definition) is 3. The van der Waals surface area contributed by atoms with Crippen LogP contribution in [0.5, 0.6) is 0 Å². The molecule has 1 heterocycles. The molecule has 1 aromatic heterocycles. The van der Waals surface area contributed by atoms with E-state index in [4.69, 9.17) is 5.11 Å². The van der Waals surface area contributed by atoms with Crippen LogP contribution in [0.1, 0.15) is 16.1 Å². The van der Waals surface area contributed by atoms with E-state index in [0.717, 1.165) is 16.5 Å². The minimum atomic E-state index is -0.392. The van der Waals surface area contributed by atoms with Crippen LogP contribution in [0.3, 0.4) is 0 Å². The summed E-state index contributed by atoms with van der Waals surface area (Å²) in [6.07, 6.45) is 0. The van der Waals surface area contributed by atoms with Crippen LogP contribution in [0, 0.1) is 0 Å². The lowest BCUT2D eigenvalue weighted by Crippen LogP contribution is -2.00. The van der Waals surface area contributed by atoms with Crippen LogP contribution >= 0.6 is 0 Å². The molecule has 0 amide bonds. The number of nitrogens with one attached hydrogen (secondary N) is 1. The zero-order chi connectivity index (χ0) is 10.8. The van der Waals surface area contributed by atoms with E-state index in [0.29, 0.717) is 5.69 Å². The first kappa shape index (κ1) is 9.73. The number of H-pyrrole nitrogens is 1. The second-order valence-electron chi connectivity index (χ2n) is 3.25. The molecule has 0 fully saturated rings. The van der Waals surface area contributed by atoms with Gasteiger partial charge < -0.3 is 14.8 Å². The first-order valence-corrected chi connectivity index (χ1v) is 4.55. The third kappa shape index (κ3) is 1.71. The topological polar surface area (TPSA) is 62.3 Å². The molecular formula is C11H11NO3. The van der Waals surface area contributed by atoms with Crippen LogP contribution < -0.4 is 0 Å². The summed E-state index contributed by atoms with van der Waals surface area (Å²) in [5.41, 5.74) is 2.05. The molecule has 2 N–H and O–H groups in total. The molecule has 4 nitrogen and oxygen atoms in total. The van der Waals surface area contributed by atoms with Crippen molar-refractivity contribution in [2.75, 3.05) is 7.11 Å². The highest BCUT2D eigenvalue weighted by atomic mass is 16.5. The Morgan fingerprint density at radius 3 is 2.93 bits per heavy atom. The largest absolute Gasteiger partial charge is 0.464 e. The number of carbonyl (C=O) groups excluding carboxylic acids is 1. The van der Waals surface area contributed by atoms with Gasteiger partial charge in [0.15, 0.2) is 0 Å². The Hall–Kier alpha value is -1.81. The Bertz CT molecular complexity index is 502. The van der Waals surface area contributed by atoms with Crippen molar-refractivity contribution in [1.29, 1.82) is 0 Å². The number of benzene rings is 1. The smallest absolute Gasteiger partial charge is 0.354 e. The van der Waals surface area contributed by atoms with Gasteiger partial charge in [0.1, 0.15) is 5.69 Å². The number of rotatable bonds is 2. The van der Waals surface area contributed by atoms with Gasteiger partial charge >= 0.3 is 5.97 Å². The van der Waals surface area contributed by atoms with Gasteiger partial charge in [0.05, 0.1) is 13.7 Å². The van der Waals surface area contributed by atoms with Gasteiger partial charge in [-0.1, -0.05) is 12.1 Å². The van der Waals surface area contributed by atoms with Gasteiger partial charge in [0, 0.05) is 10.9 Å². The Morgan fingerprint density at radius 1 is 1.47 bits per heavy atom. The number of hydrogen-bond donors (Lipinski definition) is 2. The normalized spacial score (nSPS) is 10.5. The molecule has 0 spiro atoms. The Labute approximate surface area is 86.5 Å². The van der Waals surface area contributed by atoms with E-state index < -0.39 is 5.97 Å². The second-order valence-corrected chi connectivity index (χ2v) is 3.25. The summed E-state index contributed by atoms with van der Waals surface area (Å²) in [5, 5.41) is 9.88. The predicted molar refractivity (Wildman–Crippen MR) is 55.6 cm³/mol. The van der Waals surface area contributed by atoms with E-state index in [9.17, 15) is 4.79 Å². The third-order valence-corrected chi connectivity index (χ3v) is 2.27. The standard InChI is InChI=1S/C11H11NO3/c1-15-11(14)10-5-8-3-2-7(6-13)4-9(8)12-10/h2-5,12-13H,6H2,1H3. The number of aliphatic hydroxyl groups excluding tert-OH is 1. The maximum absolute atomic E-state index is 11.2. The highest BCUT2D eigenvalue weighted by Crippen LogP contribution is 2.17. The van der Waals surface area contributed by atoms with Crippen molar-refractivity contribution in [2.24, 2.45) is 0 Å². The van der Waals surface area contributed by atoms with Crippen LogP contribution in [0.4, 0.5) is 0 Å². The van der Waals surface area contributed by atoms with Gasteiger partial charge in [-0.05, 0) is 17.7 Å². The van der Waals surface area contributed by atoms with Gasteiger partial charge in [-0.3, -0.25) is 0 Å². The number of carbonyl (C=O) groups is 1. The maximum atomic E-state index is 11.2. The van der Waals surface area contributed by atoms with Gasteiger partial charge in [-0.25, -0.2) is 4.79 Å². The molecule has 0 radical (unpaired) electrons. The number of esters is 1. The van der Waals surface area contributed by atoms with Crippen LogP contribution in [0.15, 0.2) is 24.3 Å². The lowest BCUT2D eigenvalue weighted by atomic mass is 10.2. The summed E-state index contributed by atoms with van der Waals surface area (Å²) in [7, 11) is 1.34. The molecule has 4 heteroatoms. The van der Waals surface area contributed by atoms with Gasteiger partial charge in [-0.2, -0.15) is 0 Å². The van der Waals surface area contributed by atoms with E-state index in [-0.39, 0.29) is 6.61 Å². The molecule has 0 aliphatic rings. The van der Waals surface area contributed by atoms with E-state index >= 15 is 0 Å². The SMILES string of the molecule is COC(=O)c1cc2ccc(CO)cc2[nH]1. The summed E-state index contributed by atoms with van der Waals surface area (Å²) < 4.78 is 4.60. The molecule has 0 unspecified atom stereocenters. The zero-order valence-corrected chi connectivity index (χ0v) is 8.28. The number of aromatic nitrogens is 1. The number of ether oxygens (including phenoxy) is 1. The van der Waals surface area contributed by atoms with E-state index in [1.54, 1.807) is 6.07 Å². The van der Waals surface area contributed by atoms with Gasteiger partial charge in [0.25, 0.3) is 0 Å². The summed E-state index contributed by atoms with van der Waals surface area (Å²) >= 11 is 0. The molecule has 0 bridgehead atoms. The number of aromatic amines is 1. The average molecular weight is 205 g/mol. The van der Waals surface area contributed by atoms with Crippen LogP contribution in [0.2, 0.25) is 0 Å². The van der Waals surface area contributed by atoms with Crippen molar-refractivity contribution < 1.29 is 14.6 Å². The lowest BCUT2D eigenvalue weighted by Gasteiger charge is -1.94. The minimum absolute atomic E-state index is 0.0114. The van der Waals surface area contributed by atoms with Crippen molar-refractivity contribution in [3.8, 4) is 0 Å². The lowest BCUT2D eigenvalue weighted by molar-refractivity contribution is 0.0595. The van der Waals surface area contributed by atoms with Crippen molar-refractivity contribution in [2.45, 2.75) is 6.61 Å². The van der Waals surface area contributed by atoms with Crippen LogP contribution in [-0.4, -0.2) is 23.2 Å². The van der Waals surface area contributed by atoms with Crippen molar-refractivity contribution >= 4 is 16.9 Å².